The number of benzene rings is 1. The Morgan fingerprint density at radius 3 is 2.31 bits per heavy atom. The van der Waals surface area contributed by atoms with Crippen LogP contribution >= 0.6 is 0 Å². The maximum absolute atomic E-state index is 12.8. The summed E-state index contributed by atoms with van der Waals surface area (Å²) in [6, 6.07) is 4.28. The first-order valence-electron chi connectivity index (χ1n) is 8.62. The smallest absolute Gasteiger partial charge is 0.493 e. The second-order valence-corrected chi connectivity index (χ2v) is 6.52. The molecule has 0 saturated heterocycles. The van der Waals surface area contributed by atoms with E-state index in [9.17, 15) is 24.3 Å². The monoisotopic (exact) mass is 448 g/mol. The van der Waals surface area contributed by atoms with Gasteiger partial charge in [0.05, 0.1) is 16.8 Å². The summed E-state index contributed by atoms with van der Waals surface area (Å²) in [6.07, 6.45) is 0.601. The molecule has 1 N–H and O–H groups in total. The Kier molecular flexibility index (Phi) is 6.24. The van der Waals surface area contributed by atoms with Crippen LogP contribution in [-0.2, 0) is 31.2 Å². The van der Waals surface area contributed by atoms with Crippen LogP contribution in [0, 0.1) is 0 Å². The van der Waals surface area contributed by atoms with Crippen molar-refractivity contribution in [1.82, 2.24) is 14.0 Å². The van der Waals surface area contributed by atoms with E-state index in [0.29, 0.717) is 6.42 Å². The summed E-state index contributed by atoms with van der Waals surface area (Å²) in [7, 11) is 2.53. The standard InChI is InChI=1S/C18H19N5O5.Cu/c1-5-9(2)23-14(24)10-7-6-8-11(12(10)15(23)25)19-20-13-16(26)21(3)18(28)22(4)17(13)27;/h6-9,26H,5H2,1-4H3;/q;+2. The molecule has 0 aliphatic carbocycles. The Morgan fingerprint density at radius 2 is 1.69 bits per heavy atom. The second-order valence-electron chi connectivity index (χ2n) is 6.52. The Bertz CT molecular complexity index is 1150. The molecule has 10 nitrogen and oxygen atoms in total. The van der Waals surface area contributed by atoms with E-state index in [4.69, 9.17) is 0 Å². The number of aromatic hydroxyl groups is 1. The number of aromatic nitrogens is 2. The van der Waals surface area contributed by atoms with Crippen molar-refractivity contribution in [3.63, 3.8) is 0 Å². The van der Waals surface area contributed by atoms with Crippen molar-refractivity contribution in [1.29, 1.82) is 0 Å². The maximum atomic E-state index is 12.8. The van der Waals surface area contributed by atoms with Crippen LogP contribution in [0.2, 0.25) is 0 Å². The van der Waals surface area contributed by atoms with Gasteiger partial charge in [0.1, 0.15) is 0 Å². The summed E-state index contributed by atoms with van der Waals surface area (Å²) in [4.78, 5) is 50.5. The number of fused-ring (bicyclic) bond motifs is 1. The van der Waals surface area contributed by atoms with E-state index in [1.54, 1.807) is 13.0 Å². The van der Waals surface area contributed by atoms with Crippen LogP contribution in [0.4, 0.5) is 11.4 Å². The average Bonchev–Trinajstić information content (AvgIpc) is 2.95. The molecule has 1 aliphatic rings. The first-order valence-corrected chi connectivity index (χ1v) is 8.62. The molecule has 0 saturated carbocycles. The summed E-state index contributed by atoms with van der Waals surface area (Å²) in [6.45, 7) is 3.64. The first kappa shape index (κ1) is 22.3. The molecule has 1 radical (unpaired) electrons. The fraction of sp³-hybridized carbons (Fsp3) is 0.333. The normalized spacial score (nSPS) is 14.3. The van der Waals surface area contributed by atoms with Gasteiger partial charge < -0.3 is 5.11 Å². The van der Waals surface area contributed by atoms with E-state index in [2.05, 4.69) is 10.2 Å². The van der Waals surface area contributed by atoms with Crippen LogP contribution in [-0.4, -0.2) is 37.0 Å². The van der Waals surface area contributed by atoms with Crippen LogP contribution in [0.3, 0.4) is 0 Å². The molecule has 11 heteroatoms. The van der Waals surface area contributed by atoms with Gasteiger partial charge in [-0.1, -0.05) is 13.0 Å². The predicted octanol–water partition coefficient (Wildman–Crippen LogP) is 1.60. The molecule has 2 amide bonds. The Balaban J connectivity index is 0.00000300. The summed E-state index contributed by atoms with van der Waals surface area (Å²) in [5.74, 6) is -1.54. The zero-order valence-corrected chi connectivity index (χ0v) is 17.1. The molecule has 1 aliphatic heterocycles. The molecule has 1 unspecified atom stereocenters. The van der Waals surface area contributed by atoms with E-state index in [1.165, 1.54) is 31.1 Å². The van der Waals surface area contributed by atoms with Crippen molar-refractivity contribution in [2.75, 3.05) is 0 Å². The van der Waals surface area contributed by atoms with Gasteiger partial charge in [0.2, 0.25) is 11.6 Å². The topological polar surface area (TPSA) is 126 Å². The summed E-state index contributed by atoms with van der Waals surface area (Å²) in [5, 5.41) is 17.8. The van der Waals surface area contributed by atoms with E-state index >= 15 is 0 Å². The van der Waals surface area contributed by atoms with Crippen molar-refractivity contribution >= 4 is 23.2 Å². The minimum Gasteiger partial charge on any atom is -0.493 e. The number of carbonyl (C=O) groups is 2. The third kappa shape index (κ3) is 3.43. The van der Waals surface area contributed by atoms with Gasteiger partial charge in [-0.05, 0) is 25.5 Å². The quantitative estimate of drug-likeness (QED) is 0.431. The molecule has 1 aromatic carbocycles. The average molecular weight is 449 g/mol. The van der Waals surface area contributed by atoms with Gasteiger partial charge in [0, 0.05) is 20.1 Å². The molecule has 2 heterocycles. The number of imide groups is 1. The SMILES string of the molecule is CCC(C)N1C(=O)c2cccc(N=Nc3c(O)n(C)c(=O)n(C)c3=O)c2C1=O.[Cu+2]. The molecule has 3 rings (SSSR count). The molecular formula is C18H19CuN5O5+2. The Hall–Kier alpha value is -3.04. The molecule has 2 aromatic rings. The molecule has 0 spiro atoms. The van der Waals surface area contributed by atoms with Crippen LogP contribution in [0.1, 0.15) is 41.0 Å². The molecule has 155 valence electrons. The van der Waals surface area contributed by atoms with Crippen LogP contribution in [0.15, 0.2) is 38.0 Å². The third-order valence-electron chi connectivity index (χ3n) is 4.82. The summed E-state index contributed by atoms with van der Waals surface area (Å²) < 4.78 is 1.63. The van der Waals surface area contributed by atoms with Gasteiger partial charge in [-0.3, -0.25) is 28.4 Å². The molecule has 0 fully saturated rings. The fourth-order valence-corrected chi connectivity index (χ4v) is 2.96. The number of amides is 2. The Morgan fingerprint density at radius 1 is 1.03 bits per heavy atom. The van der Waals surface area contributed by atoms with E-state index in [0.717, 1.165) is 9.13 Å². The number of carbonyl (C=O) groups excluding carboxylic acids is 2. The van der Waals surface area contributed by atoms with Crippen LogP contribution in [0.25, 0.3) is 0 Å². The number of hydrogen-bond donors (Lipinski definition) is 1. The van der Waals surface area contributed by atoms with Crippen molar-refractivity contribution in [2.24, 2.45) is 24.3 Å². The first-order chi connectivity index (χ1) is 13.2. The van der Waals surface area contributed by atoms with Crippen molar-refractivity contribution in [3.8, 4) is 5.88 Å². The van der Waals surface area contributed by atoms with Crippen molar-refractivity contribution in [2.45, 2.75) is 26.3 Å². The zero-order chi connectivity index (χ0) is 20.7. The molecular weight excluding hydrogens is 430 g/mol. The zero-order valence-electron chi connectivity index (χ0n) is 16.1. The molecule has 1 atom stereocenters. The largest absolute Gasteiger partial charge is 2.00 e. The van der Waals surface area contributed by atoms with Gasteiger partial charge in [-0.2, -0.15) is 0 Å². The van der Waals surface area contributed by atoms with Gasteiger partial charge in [0.25, 0.3) is 17.4 Å². The van der Waals surface area contributed by atoms with Crippen molar-refractivity contribution in [3.05, 3.63) is 50.2 Å². The molecule has 29 heavy (non-hydrogen) atoms. The molecule has 1 aromatic heterocycles. The minimum atomic E-state index is -0.833. The van der Waals surface area contributed by atoms with Gasteiger partial charge in [-0.25, -0.2) is 4.79 Å². The van der Waals surface area contributed by atoms with Crippen molar-refractivity contribution < 1.29 is 31.8 Å². The summed E-state index contributed by atoms with van der Waals surface area (Å²) in [5.41, 5.74) is -1.60. The minimum absolute atomic E-state index is 0. The maximum Gasteiger partial charge on any atom is 2.00 e. The second kappa shape index (κ2) is 8.14. The van der Waals surface area contributed by atoms with Gasteiger partial charge in [-0.15, -0.1) is 10.2 Å². The number of nitrogens with zero attached hydrogens (tertiary/aromatic N) is 5. The van der Waals surface area contributed by atoms with Gasteiger partial charge >= 0.3 is 22.8 Å². The molecule has 0 bridgehead atoms. The Labute approximate surface area is 176 Å². The van der Waals surface area contributed by atoms with E-state index in [1.807, 2.05) is 6.92 Å². The van der Waals surface area contributed by atoms with Gasteiger partial charge in [0.15, 0.2) is 0 Å². The number of rotatable bonds is 4. The number of azo groups is 1. The third-order valence-corrected chi connectivity index (χ3v) is 4.82. The van der Waals surface area contributed by atoms with Crippen LogP contribution < -0.4 is 11.2 Å². The summed E-state index contributed by atoms with van der Waals surface area (Å²) >= 11 is 0. The van der Waals surface area contributed by atoms with E-state index < -0.39 is 34.6 Å². The van der Waals surface area contributed by atoms with E-state index in [-0.39, 0.29) is 39.9 Å². The fourth-order valence-electron chi connectivity index (χ4n) is 2.96. The van der Waals surface area contributed by atoms with Crippen LogP contribution in [0.5, 0.6) is 5.88 Å². The number of hydrogen-bond acceptors (Lipinski definition) is 7. The predicted molar refractivity (Wildman–Crippen MR) is 99.5 cm³/mol.